The summed E-state index contributed by atoms with van der Waals surface area (Å²) in [6.07, 6.45) is 4.76. The molecule has 1 aromatic carbocycles. The summed E-state index contributed by atoms with van der Waals surface area (Å²) >= 11 is 0. The van der Waals surface area contributed by atoms with Crippen LogP contribution >= 0.6 is 24.8 Å². The van der Waals surface area contributed by atoms with Crippen LogP contribution in [0.1, 0.15) is 33.6 Å². The van der Waals surface area contributed by atoms with Crippen molar-refractivity contribution >= 4 is 42.3 Å². The van der Waals surface area contributed by atoms with Gasteiger partial charge in [0.25, 0.3) is 11.8 Å². The molecule has 0 atom stereocenters. The maximum Gasteiger partial charge on any atom is 0.257 e. The Kier molecular flexibility index (Phi) is 8.51. The molecule has 3 rings (SSSR count). The molecule has 140 valence electrons. The van der Waals surface area contributed by atoms with Gasteiger partial charge in [-0.15, -0.1) is 24.8 Å². The topological polar surface area (TPSA) is 88.3 Å². The molecule has 1 saturated heterocycles. The second-order valence-corrected chi connectivity index (χ2v) is 5.91. The fraction of sp³-hybridized carbons (Fsp3) is 0.278. The van der Waals surface area contributed by atoms with E-state index in [-0.39, 0.29) is 42.7 Å². The number of benzene rings is 1. The summed E-state index contributed by atoms with van der Waals surface area (Å²) in [5.74, 6) is -0.281. The fourth-order valence-electron chi connectivity index (χ4n) is 2.72. The van der Waals surface area contributed by atoms with Crippen LogP contribution in [0.3, 0.4) is 0 Å². The molecule has 1 fully saturated rings. The van der Waals surface area contributed by atoms with Crippen molar-refractivity contribution in [3.05, 3.63) is 59.9 Å². The van der Waals surface area contributed by atoms with Crippen molar-refractivity contribution in [2.45, 2.75) is 18.9 Å². The van der Waals surface area contributed by atoms with Crippen LogP contribution in [-0.4, -0.2) is 40.8 Å². The van der Waals surface area contributed by atoms with E-state index in [1.165, 1.54) is 6.20 Å². The lowest BCUT2D eigenvalue weighted by Gasteiger charge is -2.30. The quantitative estimate of drug-likeness (QED) is 0.834. The smallest absolute Gasteiger partial charge is 0.257 e. The van der Waals surface area contributed by atoms with Crippen molar-refractivity contribution in [2.24, 2.45) is 5.73 Å². The second kappa shape index (κ2) is 10.1. The number of halogens is 2. The lowest BCUT2D eigenvalue weighted by molar-refractivity contribution is 0.0714. The summed E-state index contributed by atoms with van der Waals surface area (Å²) in [6.45, 7) is 1.35. The van der Waals surface area contributed by atoms with E-state index in [9.17, 15) is 9.59 Å². The molecule has 1 aromatic heterocycles. The SMILES string of the molecule is Cl.Cl.NC1CCN(C(=O)c2cccc(NC(=O)c3cccnc3)c2)CC1. The number of rotatable bonds is 3. The maximum absolute atomic E-state index is 12.6. The summed E-state index contributed by atoms with van der Waals surface area (Å²) in [6, 6.07) is 10.6. The predicted molar refractivity (Wildman–Crippen MR) is 106 cm³/mol. The Morgan fingerprint density at radius 3 is 2.42 bits per heavy atom. The third-order valence-corrected chi connectivity index (χ3v) is 4.12. The summed E-state index contributed by atoms with van der Waals surface area (Å²) < 4.78 is 0. The monoisotopic (exact) mass is 396 g/mol. The Morgan fingerprint density at radius 2 is 1.77 bits per heavy atom. The van der Waals surface area contributed by atoms with Gasteiger partial charge in [0.15, 0.2) is 0 Å². The lowest BCUT2D eigenvalue weighted by atomic mass is 10.0. The van der Waals surface area contributed by atoms with E-state index < -0.39 is 0 Å². The first-order valence-electron chi connectivity index (χ1n) is 8.00. The Morgan fingerprint density at radius 1 is 1.08 bits per heavy atom. The summed E-state index contributed by atoms with van der Waals surface area (Å²) in [5, 5.41) is 2.79. The third kappa shape index (κ3) is 5.42. The van der Waals surface area contributed by atoms with Gasteiger partial charge in [-0.1, -0.05) is 6.07 Å². The van der Waals surface area contributed by atoms with Crippen LogP contribution in [0, 0.1) is 0 Å². The van der Waals surface area contributed by atoms with Gasteiger partial charge in [0.2, 0.25) is 0 Å². The van der Waals surface area contributed by atoms with Crippen LogP contribution in [0.25, 0.3) is 0 Å². The highest BCUT2D eigenvalue weighted by Gasteiger charge is 2.21. The van der Waals surface area contributed by atoms with Gasteiger partial charge in [0.1, 0.15) is 0 Å². The first kappa shape index (κ1) is 21.9. The van der Waals surface area contributed by atoms with Gasteiger partial charge in [-0.3, -0.25) is 14.6 Å². The summed E-state index contributed by atoms with van der Waals surface area (Å²) in [5.41, 5.74) is 7.50. The average molecular weight is 397 g/mol. The molecule has 0 bridgehead atoms. The number of aromatic nitrogens is 1. The van der Waals surface area contributed by atoms with E-state index in [1.807, 2.05) is 4.90 Å². The number of carbonyl (C=O) groups is 2. The Hall–Kier alpha value is -2.15. The van der Waals surface area contributed by atoms with Crippen LogP contribution in [0.2, 0.25) is 0 Å². The van der Waals surface area contributed by atoms with E-state index in [2.05, 4.69) is 10.3 Å². The number of nitrogens with zero attached hydrogens (tertiary/aromatic N) is 2. The number of hydrogen-bond donors (Lipinski definition) is 2. The van der Waals surface area contributed by atoms with Gasteiger partial charge in [-0.2, -0.15) is 0 Å². The number of carbonyl (C=O) groups excluding carboxylic acids is 2. The van der Waals surface area contributed by atoms with Crippen LogP contribution in [-0.2, 0) is 0 Å². The van der Waals surface area contributed by atoms with Crippen molar-refractivity contribution in [3.8, 4) is 0 Å². The molecular weight excluding hydrogens is 375 g/mol. The molecule has 0 saturated carbocycles. The molecule has 8 heteroatoms. The van der Waals surface area contributed by atoms with Gasteiger partial charge in [0.05, 0.1) is 5.56 Å². The minimum atomic E-state index is -0.253. The van der Waals surface area contributed by atoms with Crippen molar-refractivity contribution in [1.29, 1.82) is 0 Å². The number of nitrogens with one attached hydrogen (secondary N) is 1. The molecule has 26 heavy (non-hydrogen) atoms. The van der Waals surface area contributed by atoms with Crippen molar-refractivity contribution < 1.29 is 9.59 Å². The molecule has 1 aliphatic rings. The van der Waals surface area contributed by atoms with Gasteiger partial charge < -0.3 is 16.0 Å². The average Bonchev–Trinajstić information content (AvgIpc) is 2.63. The zero-order valence-corrected chi connectivity index (χ0v) is 15.8. The summed E-state index contributed by atoms with van der Waals surface area (Å²) in [4.78, 5) is 30.5. The number of pyridine rings is 1. The maximum atomic E-state index is 12.6. The highest BCUT2D eigenvalue weighted by molar-refractivity contribution is 6.04. The standard InChI is InChI=1S/C18H20N4O2.2ClH/c19-15-6-9-22(10-7-15)18(24)13-3-1-5-16(11-13)21-17(23)14-4-2-8-20-12-14;;/h1-5,8,11-12,15H,6-7,9-10,19H2,(H,21,23);2*1H. The minimum Gasteiger partial charge on any atom is -0.339 e. The van der Waals surface area contributed by atoms with Gasteiger partial charge in [0, 0.05) is 42.8 Å². The molecule has 2 heterocycles. The molecule has 0 spiro atoms. The Labute approximate surface area is 165 Å². The number of nitrogens with two attached hydrogens (primary N) is 1. The molecule has 0 radical (unpaired) electrons. The van der Waals surface area contributed by atoms with Gasteiger partial charge >= 0.3 is 0 Å². The minimum absolute atomic E-state index is 0. The molecule has 0 aliphatic carbocycles. The van der Waals surface area contributed by atoms with E-state index >= 15 is 0 Å². The van der Waals surface area contributed by atoms with Crippen molar-refractivity contribution in [3.63, 3.8) is 0 Å². The Bertz CT molecular complexity index is 735. The molecule has 6 nitrogen and oxygen atoms in total. The van der Waals surface area contributed by atoms with E-state index in [0.717, 1.165) is 12.8 Å². The predicted octanol–water partition coefficient (Wildman–Crippen LogP) is 2.74. The number of amides is 2. The van der Waals surface area contributed by atoms with E-state index in [1.54, 1.807) is 42.6 Å². The van der Waals surface area contributed by atoms with Gasteiger partial charge in [-0.05, 0) is 43.2 Å². The van der Waals surface area contributed by atoms with Crippen LogP contribution in [0.5, 0.6) is 0 Å². The molecular formula is C18H22Cl2N4O2. The molecule has 2 aromatic rings. The van der Waals surface area contributed by atoms with Crippen molar-refractivity contribution in [1.82, 2.24) is 9.88 Å². The molecule has 0 unspecified atom stereocenters. The lowest BCUT2D eigenvalue weighted by Crippen LogP contribution is -2.42. The first-order chi connectivity index (χ1) is 11.6. The zero-order valence-electron chi connectivity index (χ0n) is 14.1. The highest BCUT2D eigenvalue weighted by Crippen LogP contribution is 2.17. The number of likely N-dealkylation sites (tertiary alicyclic amines) is 1. The summed E-state index contributed by atoms with van der Waals surface area (Å²) in [7, 11) is 0. The fourth-order valence-corrected chi connectivity index (χ4v) is 2.72. The number of hydrogen-bond acceptors (Lipinski definition) is 4. The normalized spacial score (nSPS) is 14.0. The van der Waals surface area contributed by atoms with E-state index in [4.69, 9.17) is 5.73 Å². The van der Waals surface area contributed by atoms with E-state index in [0.29, 0.717) is 29.9 Å². The number of anilines is 1. The van der Waals surface area contributed by atoms with Crippen LogP contribution in [0.4, 0.5) is 5.69 Å². The zero-order chi connectivity index (χ0) is 16.9. The third-order valence-electron chi connectivity index (χ3n) is 4.12. The molecule has 3 N–H and O–H groups in total. The second-order valence-electron chi connectivity index (χ2n) is 5.91. The Balaban J connectivity index is 0.00000169. The molecule has 2 amide bonds. The highest BCUT2D eigenvalue weighted by atomic mass is 35.5. The first-order valence-corrected chi connectivity index (χ1v) is 8.00. The number of piperidine rings is 1. The van der Waals surface area contributed by atoms with Crippen molar-refractivity contribution in [2.75, 3.05) is 18.4 Å². The van der Waals surface area contributed by atoms with Crippen LogP contribution in [0.15, 0.2) is 48.8 Å². The molecule has 1 aliphatic heterocycles. The van der Waals surface area contributed by atoms with Crippen LogP contribution < -0.4 is 11.1 Å². The van der Waals surface area contributed by atoms with Gasteiger partial charge in [-0.25, -0.2) is 0 Å². The largest absolute Gasteiger partial charge is 0.339 e.